The fourth-order valence-corrected chi connectivity index (χ4v) is 2.08. The number of nitrogens with two attached hydrogens (primary N) is 1. The molecule has 0 spiro atoms. The Hall–Kier alpha value is -1.35. The number of carbonyl (C=O) groups excluding carboxylic acids is 1. The van der Waals surface area contributed by atoms with Crippen LogP contribution in [0.2, 0.25) is 0 Å². The number of benzene rings is 1. The van der Waals surface area contributed by atoms with Gasteiger partial charge < -0.3 is 10.6 Å². The molecular weight excluding hydrogens is 224 g/mol. The highest BCUT2D eigenvalue weighted by Gasteiger charge is 2.09. The summed E-state index contributed by atoms with van der Waals surface area (Å²) < 4.78 is 0. The molecule has 0 aliphatic rings. The number of rotatable bonds is 8. The summed E-state index contributed by atoms with van der Waals surface area (Å²) >= 11 is 0. The molecule has 1 aromatic carbocycles. The normalized spacial score (nSPS) is 10.8. The molecule has 1 rings (SSSR count). The van der Waals surface area contributed by atoms with Crippen LogP contribution >= 0.6 is 0 Å². The summed E-state index contributed by atoms with van der Waals surface area (Å²) in [5, 5.41) is 0. The van der Waals surface area contributed by atoms with E-state index in [0.717, 1.165) is 38.0 Å². The van der Waals surface area contributed by atoms with Crippen molar-refractivity contribution in [2.45, 2.75) is 33.1 Å². The molecule has 0 aliphatic heterocycles. The van der Waals surface area contributed by atoms with Crippen LogP contribution < -0.4 is 5.73 Å². The molecule has 3 heteroatoms. The summed E-state index contributed by atoms with van der Waals surface area (Å²) in [7, 11) is 0. The van der Waals surface area contributed by atoms with Crippen molar-refractivity contribution in [3.8, 4) is 0 Å². The summed E-state index contributed by atoms with van der Waals surface area (Å²) in [6.45, 7) is 7.32. The highest BCUT2D eigenvalue weighted by molar-refractivity contribution is 5.96. The van der Waals surface area contributed by atoms with Crippen LogP contribution in [0, 0.1) is 0 Å². The molecule has 18 heavy (non-hydrogen) atoms. The summed E-state index contributed by atoms with van der Waals surface area (Å²) in [5.74, 6) is 0.180. The fraction of sp³-hybridized carbons (Fsp3) is 0.533. The summed E-state index contributed by atoms with van der Waals surface area (Å²) in [4.78, 5) is 14.4. The molecule has 3 nitrogen and oxygen atoms in total. The number of hydrogen-bond acceptors (Lipinski definition) is 3. The average Bonchev–Trinajstić information content (AvgIpc) is 2.36. The third-order valence-corrected chi connectivity index (χ3v) is 2.94. The topological polar surface area (TPSA) is 46.3 Å². The van der Waals surface area contributed by atoms with Gasteiger partial charge in [0, 0.05) is 24.2 Å². The number of carbonyl (C=O) groups is 1. The Balaban J connectivity index is 2.49. The van der Waals surface area contributed by atoms with Crippen LogP contribution in [-0.4, -0.2) is 30.3 Å². The van der Waals surface area contributed by atoms with Gasteiger partial charge in [0.2, 0.25) is 0 Å². The highest BCUT2D eigenvalue weighted by Crippen LogP contribution is 2.09. The summed E-state index contributed by atoms with van der Waals surface area (Å²) in [6, 6.07) is 7.23. The van der Waals surface area contributed by atoms with E-state index in [2.05, 4.69) is 18.7 Å². The van der Waals surface area contributed by atoms with Crippen molar-refractivity contribution in [3.63, 3.8) is 0 Å². The predicted octanol–water partition coefficient (Wildman–Crippen LogP) is 2.96. The molecule has 0 fully saturated rings. The maximum atomic E-state index is 12.0. The predicted molar refractivity (Wildman–Crippen MR) is 76.8 cm³/mol. The van der Waals surface area contributed by atoms with Gasteiger partial charge in [-0.15, -0.1) is 0 Å². The van der Waals surface area contributed by atoms with Gasteiger partial charge in [0.25, 0.3) is 0 Å². The molecule has 1 aromatic rings. The van der Waals surface area contributed by atoms with E-state index in [1.807, 2.05) is 12.1 Å². The number of hydrogen-bond donors (Lipinski definition) is 1. The van der Waals surface area contributed by atoms with E-state index >= 15 is 0 Å². The molecule has 0 atom stereocenters. The highest BCUT2D eigenvalue weighted by atomic mass is 16.1. The molecule has 0 aliphatic carbocycles. The first-order chi connectivity index (χ1) is 8.67. The summed E-state index contributed by atoms with van der Waals surface area (Å²) in [6.07, 6.45) is 2.84. The van der Waals surface area contributed by atoms with Crippen molar-refractivity contribution in [2.24, 2.45) is 0 Å². The van der Waals surface area contributed by atoms with E-state index in [4.69, 9.17) is 5.73 Å². The largest absolute Gasteiger partial charge is 0.399 e. The number of ketones is 1. The van der Waals surface area contributed by atoms with Gasteiger partial charge in [-0.05, 0) is 38.1 Å². The first-order valence-electron chi connectivity index (χ1n) is 6.78. The molecule has 0 unspecified atom stereocenters. The Morgan fingerprint density at radius 2 is 1.83 bits per heavy atom. The zero-order valence-electron chi connectivity index (χ0n) is 11.5. The second-order valence-electron chi connectivity index (χ2n) is 4.64. The average molecular weight is 248 g/mol. The zero-order chi connectivity index (χ0) is 13.4. The van der Waals surface area contributed by atoms with E-state index in [1.54, 1.807) is 12.1 Å². The third-order valence-electron chi connectivity index (χ3n) is 2.94. The standard InChI is InChI=1S/C15H24N2O/c1-3-9-17(10-4-2)11-8-15(18)13-6-5-7-14(16)12-13/h5-7,12H,3-4,8-11,16H2,1-2H3. The molecule has 0 amide bonds. The molecule has 0 aromatic heterocycles. The van der Waals surface area contributed by atoms with Crippen LogP contribution in [0.3, 0.4) is 0 Å². The number of nitrogens with zero attached hydrogens (tertiary/aromatic N) is 1. The smallest absolute Gasteiger partial charge is 0.164 e. The van der Waals surface area contributed by atoms with Gasteiger partial charge >= 0.3 is 0 Å². The van der Waals surface area contributed by atoms with Crippen molar-refractivity contribution in [1.82, 2.24) is 4.90 Å². The molecule has 0 saturated heterocycles. The van der Waals surface area contributed by atoms with Crippen LogP contribution in [0.25, 0.3) is 0 Å². The van der Waals surface area contributed by atoms with E-state index in [-0.39, 0.29) is 5.78 Å². The third kappa shape index (κ3) is 4.88. The number of anilines is 1. The van der Waals surface area contributed by atoms with Crippen molar-refractivity contribution >= 4 is 11.5 Å². The number of Topliss-reactive ketones (excluding diaryl/α,β-unsaturated/α-hetero) is 1. The lowest BCUT2D eigenvalue weighted by Crippen LogP contribution is -2.28. The fourth-order valence-electron chi connectivity index (χ4n) is 2.08. The second-order valence-corrected chi connectivity index (χ2v) is 4.64. The lowest BCUT2D eigenvalue weighted by molar-refractivity contribution is 0.0964. The van der Waals surface area contributed by atoms with E-state index < -0.39 is 0 Å². The first kappa shape index (κ1) is 14.7. The minimum atomic E-state index is 0.180. The van der Waals surface area contributed by atoms with Crippen LogP contribution in [0.1, 0.15) is 43.5 Å². The van der Waals surface area contributed by atoms with Gasteiger partial charge in [0.1, 0.15) is 0 Å². The SMILES string of the molecule is CCCN(CCC)CCC(=O)c1cccc(N)c1. The van der Waals surface area contributed by atoms with Gasteiger partial charge in [-0.1, -0.05) is 26.0 Å². The van der Waals surface area contributed by atoms with E-state index in [9.17, 15) is 4.79 Å². The minimum Gasteiger partial charge on any atom is -0.399 e. The van der Waals surface area contributed by atoms with Gasteiger partial charge in [-0.25, -0.2) is 0 Å². The molecule has 2 N–H and O–H groups in total. The Morgan fingerprint density at radius 3 is 2.39 bits per heavy atom. The maximum Gasteiger partial charge on any atom is 0.164 e. The molecule has 0 radical (unpaired) electrons. The second kappa shape index (κ2) is 7.88. The molecular formula is C15H24N2O. The van der Waals surface area contributed by atoms with Crippen molar-refractivity contribution < 1.29 is 4.79 Å². The van der Waals surface area contributed by atoms with Crippen molar-refractivity contribution in [3.05, 3.63) is 29.8 Å². The number of nitrogen functional groups attached to an aromatic ring is 1. The quantitative estimate of drug-likeness (QED) is 0.568. The van der Waals surface area contributed by atoms with Crippen LogP contribution in [0.15, 0.2) is 24.3 Å². The lowest BCUT2D eigenvalue weighted by Gasteiger charge is -2.20. The Labute approximate surface area is 110 Å². The monoisotopic (exact) mass is 248 g/mol. The van der Waals surface area contributed by atoms with Crippen molar-refractivity contribution in [2.75, 3.05) is 25.4 Å². The van der Waals surface area contributed by atoms with E-state index in [0.29, 0.717) is 12.1 Å². The Kier molecular flexibility index (Phi) is 6.44. The molecule has 0 heterocycles. The van der Waals surface area contributed by atoms with Crippen molar-refractivity contribution in [1.29, 1.82) is 0 Å². The minimum absolute atomic E-state index is 0.180. The zero-order valence-corrected chi connectivity index (χ0v) is 11.5. The van der Waals surface area contributed by atoms with Crippen LogP contribution in [-0.2, 0) is 0 Å². The van der Waals surface area contributed by atoms with Gasteiger partial charge in [-0.2, -0.15) is 0 Å². The Bertz CT molecular complexity index is 371. The lowest BCUT2D eigenvalue weighted by atomic mass is 10.1. The van der Waals surface area contributed by atoms with Crippen LogP contribution in [0.5, 0.6) is 0 Å². The maximum absolute atomic E-state index is 12.0. The van der Waals surface area contributed by atoms with Gasteiger partial charge in [0.05, 0.1) is 0 Å². The molecule has 0 saturated carbocycles. The molecule has 100 valence electrons. The first-order valence-corrected chi connectivity index (χ1v) is 6.78. The van der Waals surface area contributed by atoms with Gasteiger partial charge in [0.15, 0.2) is 5.78 Å². The van der Waals surface area contributed by atoms with E-state index in [1.165, 1.54) is 0 Å². The van der Waals surface area contributed by atoms with Gasteiger partial charge in [-0.3, -0.25) is 4.79 Å². The summed E-state index contributed by atoms with van der Waals surface area (Å²) in [5.41, 5.74) is 7.06. The molecule has 0 bridgehead atoms. The Morgan fingerprint density at radius 1 is 1.17 bits per heavy atom. The van der Waals surface area contributed by atoms with Crippen LogP contribution in [0.4, 0.5) is 5.69 Å².